The van der Waals surface area contributed by atoms with Crippen molar-refractivity contribution >= 4 is 10.0 Å². The van der Waals surface area contributed by atoms with E-state index in [0.29, 0.717) is 0 Å². The van der Waals surface area contributed by atoms with Crippen molar-refractivity contribution in [2.75, 3.05) is 6.54 Å². The third kappa shape index (κ3) is 3.57. The van der Waals surface area contributed by atoms with Gasteiger partial charge in [0.05, 0.1) is 0 Å². The Balaban J connectivity index is 1.78. The van der Waals surface area contributed by atoms with Gasteiger partial charge >= 0.3 is 6.61 Å². The van der Waals surface area contributed by atoms with Gasteiger partial charge in [0.2, 0.25) is 10.0 Å². The van der Waals surface area contributed by atoms with E-state index >= 15 is 0 Å². The van der Waals surface area contributed by atoms with E-state index in [-0.39, 0.29) is 22.6 Å². The summed E-state index contributed by atoms with van der Waals surface area (Å²) >= 11 is 0. The van der Waals surface area contributed by atoms with E-state index in [4.69, 9.17) is 0 Å². The number of para-hydroxylation sites is 1. The van der Waals surface area contributed by atoms with Gasteiger partial charge in [-0.25, -0.2) is 13.1 Å². The highest BCUT2D eigenvalue weighted by atomic mass is 32.2. The fourth-order valence-corrected chi connectivity index (χ4v) is 3.95. The maximum Gasteiger partial charge on any atom is 0.387 e. The van der Waals surface area contributed by atoms with Crippen molar-refractivity contribution < 1.29 is 21.9 Å². The molecule has 0 saturated heterocycles. The second-order valence-electron chi connectivity index (χ2n) is 5.80. The van der Waals surface area contributed by atoms with Crippen LogP contribution in [0.1, 0.15) is 18.4 Å². The summed E-state index contributed by atoms with van der Waals surface area (Å²) in [6, 6.07) is 15.0. The van der Waals surface area contributed by atoms with E-state index in [9.17, 15) is 17.2 Å². The van der Waals surface area contributed by atoms with Crippen LogP contribution in [-0.4, -0.2) is 21.6 Å². The molecule has 2 aromatic rings. The van der Waals surface area contributed by atoms with Crippen molar-refractivity contribution in [2.24, 2.45) is 0 Å². The van der Waals surface area contributed by atoms with Crippen LogP contribution in [0.15, 0.2) is 59.5 Å². The van der Waals surface area contributed by atoms with Crippen molar-refractivity contribution in [2.45, 2.75) is 29.8 Å². The predicted molar refractivity (Wildman–Crippen MR) is 85.6 cm³/mol. The maximum absolute atomic E-state index is 12.5. The highest BCUT2D eigenvalue weighted by Crippen LogP contribution is 2.47. The van der Waals surface area contributed by atoms with Crippen molar-refractivity contribution in [3.63, 3.8) is 0 Å². The average Bonchev–Trinajstić information content (AvgIpc) is 3.35. The van der Waals surface area contributed by atoms with E-state index < -0.39 is 16.6 Å². The van der Waals surface area contributed by atoms with Crippen LogP contribution in [0.4, 0.5) is 8.78 Å². The van der Waals surface area contributed by atoms with Gasteiger partial charge in [0, 0.05) is 12.0 Å². The number of alkyl halides is 2. The Morgan fingerprint density at radius 1 is 1.04 bits per heavy atom. The molecule has 24 heavy (non-hydrogen) atoms. The van der Waals surface area contributed by atoms with Gasteiger partial charge in [-0.1, -0.05) is 42.5 Å². The highest BCUT2D eigenvalue weighted by molar-refractivity contribution is 7.89. The van der Waals surface area contributed by atoms with Crippen LogP contribution >= 0.6 is 0 Å². The van der Waals surface area contributed by atoms with Crippen LogP contribution in [0.2, 0.25) is 0 Å². The molecule has 2 aromatic carbocycles. The Hall–Kier alpha value is -1.99. The fraction of sp³-hybridized carbons (Fsp3) is 0.294. The fourth-order valence-electron chi connectivity index (χ4n) is 2.69. The number of nitrogens with one attached hydrogen (secondary N) is 1. The van der Waals surface area contributed by atoms with Crippen LogP contribution in [0.25, 0.3) is 0 Å². The average molecular weight is 353 g/mol. The van der Waals surface area contributed by atoms with E-state index in [2.05, 4.69) is 9.46 Å². The number of ether oxygens (including phenoxy) is 1. The number of hydrogen-bond donors (Lipinski definition) is 1. The van der Waals surface area contributed by atoms with Crippen molar-refractivity contribution in [3.8, 4) is 5.75 Å². The van der Waals surface area contributed by atoms with Crippen molar-refractivity contribution in [1.29, 1.82) is 0 Å². The monoisotopic (exact) mass is 353 g/mol. The van der Waals surface area contributed by atoms with Gasteiger partial charge in [-0.2, -0.15) is 8.78 Å². The van der Waals surface area contributed by atoms with E-state index in [1.165, 1.54) is 24.3 Å². The first kappa shape index (κ1) is 16.9. The Kier molecular flexibility index (Phi) is 4.56. The van der Waals surface area contributed by atoms with Gasteiger partial charge in [-0.05, 0) is 30.5 Å². The van der Waals surface area contributed by atoms with Gasteiger partial charge in [-0.15, -0.1) is 0 Å². The van der Waals surface area contributed by atoms with Gasteiger partial charge < -0.3 is 4.74 Å². The quantitative estimate of drug-likeness (QED) is 0.831. The molecule has 4 nitrogen and oxygen atoms in total. The molecule has 0 unspecified atom stereocenters. The standard InChI is InChI=1S/C17H17F2NO3S/c18-16(19)23-14-8-4-5-9-15(14)24(21,22)20-12-17(10-11-17)13-6-2-1-3-7-13/h1-9,16,20H,10-12H2. The molecule has 1 aliphatic rings. The van der Waals surface area contributed by atoms with Gasteiger partial charge in [0.15, 0.2) is 0 Å². The number of sulfonamides is 1. The van der Waals surface area contributed by atoms with Crippen LogP contribution < -0.4 is 9.46 Å². The molecule has 3 rings (SSSR count). The lowest BCUT2D eigenvalue weighted by Gasteiger charge is -2.17. The Morgan fingerprint density at radius 3 is 2.29 bits per heavy atom. The maximum atomic E-state index is 12.5. The molecule has 0 heterocycles. The first-order valence-electron chi connectivity index (χ1n) is 7.52. The molecule has 0 bridgehead atoms. The lowest BCUT2D eigenvalue weighted by molar-refractivity contribution is -0.0517. The Labute approximate surface area is 139 Å². The van der Waals surface area contributed by atoms with Crippen LogP contribution in [0, 0.1) is 0 Å². The lowest BCUT2D eigenvalue weighted by atomic mass is 9.96. The number of halogens is 2. The molecule has 0 spiro atoms. The minimum atomic E-state index is -3.95. The number of rotatable bonds is 7. The smallest absolute Gasteiger partial charge is 0.387 e. The van der Waals surface area contributed by atoms with Crippen molar-refractivity contribution in [1.82, 2.24) is 4.72 Å². The SMILES string of the molecule is O=S(=O)(NCC1(c2ccccc2)CC1)c1ccccc1OC(F)F. The molecular formula is C17H17F2NO3S. The van der Waals surface area contributed by atoms with Crippen molar-refractivity contribution in [3.05, 3.63) is 60.2 Å². The molecule has 128 valence electrons. The Morgan fingerprint density at radius 2 is 1.67 bits per heavy atom. The summed E-state index contributed by atoms with van der Waals surface area (Å²) in [5.41, 5.74) is 0.858. The molecular weight excluding hydrogens is 336 g/mol. The third-order valence-corrected chi connectivity index (χ3v) is 5.64. The molecule has 0 atom stereocenters. The minimum Gasteiger partial charge on any atom is -0.433 e. The van der Waals surface area contributed by atoms with Crippen LogP contribution in [-0.2, 0) is 15.4 Å². The zero-order valence-corrected chi connectivity index (χ0v) is 13.6. The largest absolute Gasteiger partial charge is 0.433 e. The van der Waals surface area contributed by atoms with E-state index in [0.717, 1.165) is 18.4 Å². The van der Waals surface area contributed by atoms with E-state index in [1.54, 1.807) is 0 Å². The molecule has 1 aliphatic carbocycles. The topological polar surface area (TPSA) is 55.4 Å². The second-order valence-corrected chi connectivity index (χ2v) is 7.53. The molecule has 0 amide bonds. The third-order valence-electron chi connectivity index (χ3n) is 4.20. The minimum absolute atomic E-state index is 0.215. The molecule has 0 aliphatic heterocycles. The van der Waals surface area contributed by atoms with Gasteiger partial charge in [0.25, 0.3) is 0 Å². The number of benzene rings is 2. The second kappa shape index (κ2) is 6.49. The summed E-state index contributed by atoms with van der Waals surface area (Å²) in [6.07, 6.45) is 1.77. The number of hydrogen-bond acceptors (Lipinski definition) is 3. The Bertz CT molecular complexity index is 806. The first-order chi connectivity index (χ1) is 11.4. The zero-order chi connectivity index (χ0) is 17.2. The molecule has 1 saturated carbocycles. The summed E-state index contributed by atoms with van der Waals surface area (Å²) in [5, 5.41) is 0. The zero-order valence-electron chi connectivity index (χ0n) is 12.8. The predicted octanol–water partition coefficient (Wildman–Crippen LogP) is 3.30. The summed E-state index contributed by atoms with van der Waals surface area (Å²) < 4.78 is 56.8. The van der Waals surface area contributed by atoms with Gasteiger partial charge in [0.1, 0.15) is 10.6 Å². The molecule has 0 radical (unpaired) electrons. The summed E-state index contributed by atoms with van der Waals surface area (Å²) in [5.74, 6) is -0.357. The highest BCUT2D eigenvalue weighted by Gasteiger charge is 2.44. The van der Waals surface area contributed by atoms with Crippen LogP contribution in [0.5, 0.6) is 5.75 Å². The summed E-state index contributed by atoms with van der Waals surface area (Å²) in [4.78, 5) is -0.283. The van der Waals surface area contributed by atoms with Gasteiger partial charge in [-0.3, -0.25) is 0 Å². The van der Waals surface area contributed by atoms with Crippen LogP contribution in [0.3, 0.4) is 0 Å². The summed E-state index contributed by atoms with van der Waals surface area (Å²) in [6.45, 7) is -2.86. The molecule has 0 aromatic heterocycles. The lowest BCUT2D eigenvalue weighted by Crippen LogP contribution is -2.32. The summed E-state index contributed by atoms with van der Waals surface area (Å²) in [7, 11) is -3.95. The molecule has 1 N–H and O–H groups in total. The molecule has 1 fully saturated rings. The molecule has 7 heteroatoms. The first-order valence-corrected chi connectivity index (χ1v) is 9.00. The van der Waals surface area contributed by atoms with E-state index in [1.807, 2.05) is 30.3 Å². The normalized spacial score (nSPS) is 16.1.